The maximum Gasteiger partial charge on any atom is 0.0526 e. The second kappa shape index (κ2) is 4.32. The van der Waals surface area contributed by atoms with E-state index in [0.29, 0.717) is 12.0 Å². The third-order valence-electron chi connectivity index (χ3n) is 2.48. The molecule has 0 radical (unpaired) electrons. The van der Waals surface area contributed by atoms with Gasteiger partial charge in [0.15, 0.2) is 0 Å². The van der Waals surface area contributed by atoms with Crippen LogP contribution >= 0.6 is 0 Å². The highest BCUT2D eigenvalue weighted by Gasteiger charge is 2.11. The van der Waals surface area contributed by atoms with Gasteiger partial charge in [-0.1, -0.05) is 18.1 Å². The molecule has 0 fully saturated rings. The van der Waals surface area contributed by atoms with E-state index in [2.05, 4.69) is 46.3 Å². The summed E-state index contributed by atoms with van der Waals surface area (Å²) in [5.74, 6) is 0.525. The molecule has 0 bridgehead atoms. The predicted molar refractivity (Wildman–Crippen MR) is 52.2 cm³/mol. The van der Waals surface area contributed by atoms with Gasteiger partial charge < -0.3 is 0 Å². The first kappa shape index (κ1) is 10.4. The van der Waals surface area contributed by atoms with Crippen LogP contribution < -0.4 is 0 Å². The van der Waals surface area contributed by atoms with Crippen molar-refractivity contribution in [2.45, 2.75) is 40.7 Å². The van der Waals surface area contributed by atoms with Crippen LogP contribution in [0.25, 0.3) is 0 Å². The molecular weight excluding hydrogens is 134 g/mol. The fourth-order valence-electron chi connectivity index (χ4n) is 0.975. The molecule has 0 aromatic heterocycles. The van der Waals surface area contributed by atoms with Crippen LogP contribution in [0.15, 0.2) is 16.1 Å². The van der Waals surface area contributed by atoms with Crippen molar-refractivity contribution < 1.29 is 0 Å². The van der Waals surface area contributed by atoms with Crippen LogP contribution in [0.2, 0.25) is 0 Å². The van der Waals surface area contributed by atoms with Gasteiger partial charge in [-0.25, -0.2) is 0 Å². The van der Waals surface area contributed by atoms with Gasteiger partial charge in [0.2, 0.25) is 0 Å². The number of hydrogen-bond donors (Lipinski definition) is 0. The highest BCUT2D eigenvalue weighted by Crippen LogP contribution is 2.19. The highest BCUT2D eigenvalue weighted by atomic mass is 14.7. The predicted octanol–water partition coefficient (Wildman–Crippen LogP) is 3.07. The fraction of sp³-hybridized carbons (Fsp3) is 0.700. The zero-order valence-electron chi connectivity index (χ0n) is 8.31. The van der Waals surface area contributed by atoms with Crippen LogP contribution in [-0.2, 0) is 0 Å². The monoisotopic (exact) mass is 153 g/mol. The van der Waals surface area contributed by atoms with Crippen molar-refractivity contribution in [2.24, 2.45) is 10.9 Å². The summed E-state index contributed by atoms with van der Waals surface area (Å²) in [4.78, 5) is 4.01. The van der Waals surface area contributed by atoms with Crippen LogP contribution in [0.5, 0.6) is 0 Å². The Hall–Kier alpha value is -0.590. The van der Waals surface area contributed by atoms with Crippen molar-refractivity contribution in [3.05, 3.63) is 11.1 Å². The first-order valence-electron chi connectivity index (χ1n) is 4.10. The van der Waals surface area contributed by atoms with Gasteiger partial charge in [-0.05, 0) is 40.3 Å². The Morgan fingerprint density at radius 2 is 1.64 bits per heavy atom. The zero-order chi connectivity index (χ0) is 9.02. The molecule has 0 amide bonds. The summed E-state index contributed by atoms with van der Waals surface area (Å²) in [5.41, 5.74) is 2.83. The van der Waals surface area contributed by atoms with E-state index in [4.69, 9.17) is 0 Å². The molecular formula is C10H19N. The largest absolute Gasteiger partial charge is 0.297 e. The van der Waals surface area contributed by atoms with E-state index in [0.717, 1.165) is 0 Å². The van der Waals surface area contributed by atoms with E-state index >= 15 is 0 Å². The summed E-state index contributed by atoms with van der Waals surface area (Å²) in [5, 5.41) is 0. The zero-order valence-corrected chi connectivity index (χ0v) is 8.31. The molecule has 0 aliphatic carbocycles. The van der Waals surface area contributed by atoms with Gasteiger partial charge in [-0.2, -0.15) is 0 Å². The molecule has 0 N–H and O–H groups in total. The quantitative estimate of drug-likeness (QED) is 0.436. The first-order valence-corrected chi connectivity index (χ1v) is 4.10. The SMILES string of the molecule is C=NC(C)C(C)C(C)=C(C)C. The maximum absolute atomic E-state index is 4.01. The Kier molecular flexibility index (Phi) is 4.09. The van der Waals surface area contributed by atoms with E-state index in [1.165, 1.54) is 11.1 Å². The molecule has 11 heavy (non-hydrogen) atoms. The summed E-state index contributed by atoms with van der Waals surface area (Å²) in [7, 11) is 0. The molecule has 1 nitrogen and oxygen atoms in total. The molecule has 0 aliphatic rings. The van der Waals surface area contributed by atoms with Gasteiger partial charge >= 0.3 is 0 Å². The molecule has 0 aliphatic heterocycles. The van der Waals surface area contributed by atoms with Crippen molar-refractivity contribution in [1.82, 2.24) is 0 Å². The first-order chi connectivity index (χ1) is 5.00. The smallest absolute Gasteiger partial charge is 0.0526 e. The van der Waals surface area contributed by atoms with Crippen molar-refractivity contribution >= 4 is 6.72 Å². The lowest BCUT2D eigenvalue weighted by Crippen LogP contribution is -2.12. The van der Waals surface area contributed by atoms with Crippen LogP contribution in [0.1, 0.15) is 34.6 Å². The molecule has 0 heterocycles. The van der Waals surface area contributed by atoms with E-state index < -0.39 is 0 Å². The Labute approximate surface area is 70.2 Å². The van der Waals surface area contributed by atoms with Gasteiger partial charge in [0.1, 0.15) is 0 Å². The standard InChI is InChI=1S/C10H19N/c1-7(2)8(3)9(4)10(5)11-6/h9-10H,6H2,1-5H3. The number of aliphatic imine (C=N–C) groups is 1. The Morgan fingerprint density at radius 1 is 1.18 bits per heavy atom. The molecule has 64 valence electrons. The van der Waals surface area contributed by atoms with Gasteiger partial charge in [-0.15, -0.1) is 0 Å². The van der Waals surface area contributed by atoms with Crippen LogP contribution in [0.3, 0.4) is 0 Å². The summed E-state index contributed by atoms with van der Waals surface area (Å²) in [6.45, 7) is 14.3. The van der Waals surface area contributed by atoms with E-state index in [-0.39, 0.29) is 0 Å². The van der Waals surface area contributed by atoms with E-state index in [1.54, 1.807) is 0 Å². The van der Waals surface area contributed by atoms with E-state index in [1.807, 2.05) is 0 Å². The summed E-state index contributed by atoms with van der Waals surface area (Å²) in [6.07, 6.45) is 0. The molecule has 0 spiro atoms. The van der Waals surface area contributed by atoms with Gasteiger partial charge in [0.25, 0.3) is 0 Å². The van der Waals surface area contributed by atoms with Gasteiger partial charge in [0, 0.05) is 0 Å². The third-order valence-corrected chi connectivity index (χ3v) is 2.48. The molecule has 0 saturated heterocycles. The maximum atomic E-state index is 4.01. The van der Waals surface area contributed by atoms with Crippen molar-refractivity contribution in [3.8, 4) is 0 Å². The minimum absolute atomic E-state index is 0.338. The average molecular weight is 153 g/mol. The van der Waals surface area contributed by atoms with Crippen molar-refractivity contribution in [1.29, 1.82) is 0 Å². The number of hydrogen-bond acceptors (Lipinski definition) is 1. The number of rotatable bonds is 3. The summed E-state index contributed by atoms with van der Waals surface area (Å²) < 4.78 is 0. The van der Waals surface area contributed by atoms with Crippen LogP contribution in [0, 0.1) is 5.92 Å². The molecule has 2 atom stereocenters. The lowest BCUT2D eigenvalue weighted by atomic mass is 9.93. The van der Waals surface area contributed by atoms with Crippen LogP contribution in [-0.4, -0.2) is 12.8 Å². The molecule has 0 rings (SSSR count). The highest BCUT2D eigenvalue weighted by molar-refractivity contribution is 5.25. The minimum Gasteiger partial charge on any atom is -0.297 e. The molecule has 0 saturated carbocycles. The lowest BCUT2D eigenvalue weighted by molar-refractivity contribution is 0.554. The number of nitrogens with zero attached hydrogens (tertiary/aromatic N) is 1. The fourth-order valence-corrected chi connectivity index (χ4v) is 0.975. The van der Waals surface area contributed by atoms with Crippen molar-refractivity contribution in [3.63, 3.8) is 0 Å². The van der Waals surface area contributed by atoms with Crippen molar-refractivity contribution in [2.75, 3.05) is 0 Å². The summed E-state index contributed by atoms with van der Waals surface area (Å²) >= 11 is 0. The second-order valence-electron chi connectivity index (χ2n) is 3.39. The minimum atomic E-state index is 0.338. The molecule has 1 heteroatoms. The van der Waals surface area contributed by atoms with E-state index in [9.17, 15) is 0 Å². The number of allylic oxidation sites excluding steroid dienone is 1. The van der Waals surface area contributed by atoms with Gasteiger partial charge in [0.05, 0.1) is 6.04 Å². The topological polar surface area (TPSA) is 12.4 Å². The Balaban J connectivity index is 4.36. The van der Waals surface area contributed by atoms with Crippen LogP contribution in [0.4, 0.5) is 0 Å². The lowest BCUT2D eigenvalue weighted by Gasteiger charge is -2.17. The molecule has 0 aromatic rings. The molecule has 2 unspecified atom stereocenters. The third kappa shape index (κ3) is 2.87. The normalized spacial score (nSPS) is 15.4. The molecule has 0 aromatic carbocycles. The van der Waals surface area contributed by atoms with Gasteiger partial charge in [-0.3, -0.25) is 4.99 Å². The average Bonchev–Trinajstić information content (AvgIpc) is 2.00. The summed E-state index contributed by atoms with van der Waals surface area (Å²) in [6, 6.07) is 0.338. The second-order valence-corrected chi connectivity index (χ2v) is 3.39. The Morgan fingerprint density at radius 3 is 1.91 bits per heavy atom. The Bertz CT molecular complexity index is 164.